The van der Waals surface area contributed by atoms with Crippen LogP contribution in [0.25, 0.3) is 0 Å². The molecule has 7 nitrogen and oxygen atoms in total. The molecule has 0 unspecified atom stereocenters. The Hall–Kier alpha value is -3.09. The van der Waals surface area contributed by atoms with Crippen LogP contribution in [0.15, 0.2) is 55.6 Å². The largest absolute Gasteiger partial charge is 0.467 e. The molecule has 0 aromatic heterocycles. The van der Waals surface area contributed by atoms with Gasteiger partial charge in [-0.25, -0.2) is 9.59 Å². The number of hydrogen-bond acceptors (Lipinski definition) is 5. The molecule has 0 bridgehead atoms. The van der Waals surface area contributed by atoms with E-state index in [1.807, 2.05) is 30.3 Å². The maximum atomic E-state index is 13.0. The van der Waals surface area contributed by atoms with Crippen LogP contribution in [-0.2, 0) is 25.7 Å². The second-order valence-electron chi connectivity index (χ2n) is 6.80. The van der Waals surface area contributed by atoms with E-state index in [2.05, 4.69) is 13.2 Å². The van der Waals surface area contributed by atoms with Crippen molar-refractivity contribution in [3.05, 3.63) is 61.2 Å². The number of amides is 2. The van der Waals surface area contributed by atoms with Gasteiger partial charge >= 0.3 is 12.1 Å². The molecule has 0 radical (unpaired) electrons. The van der Waals surface area contributed by atoms with Crippen LogP contribution >= 0.6 is 0 Å². The second-order valence-corrected chi connectivity index (χ2v) is 6.80. The van der Waals surface area contributed by atoms with Gasteiger partial charge in [-0.05, 0) is 24.8 Å². The lowest BCUT2D eigenvalue weighted by atomic mass is 10.1. The van der Waals surface area contributed by atoms with Crippen LogP contribution in [0.5, 0.6) is 0 Å². The van der Waals surface area contributed by atoms with E-state index in [4.69, 9.17) is 9.47 Å². The number of hydrogen-bond donors (Lipinski definition) is 0. The zero-order valence-electron chi connectivity index (χ0n) is 16.8. The lowest BCUT2D eigenvalue weighted by molar-refractivity contribution is -0.152. The number of nitrogens with zero attached hydrogens (tertiary/aromatic N) is 2. The molecule has 1 saturated heterocycles. The van der Waals surface area contributed by atoms with Crippen molar-refractivity contribution in [2.24, 2.45) is 0 Å². The van der Waals surface area contributed by atoms with Crippen molar-refractivity contribution in [3.63, 3.8) is 0 Å². The van der Waals surface area contributed by atoms with Crippen LogP contribution in [0.1, 0.15) is 24.8 Å². The molecule has 1 aromatic carbocycles. The van der Waals surface area contributed by atoms with E-state index in [9.17, 15) is 14.4 Å². The minimum Gasteiger partial charge on any atom is -0.467 e. The molecule has 2 amide bonds. The van der Waals surface area contributed by atoms with E-state index in [1.165, 1.54) is 23.0 Å². The lowest BCUT2D eigenvalue weighted by Gasteiger charge is -2.31. The first-order valence-corrected chi connectivity index (χ1v) is 9.58. The summed E-state index contributed by atoms with van der Waals surface area (Å²) < 4.78 is 10.2. The van der Waals surface area contributed by atoms with Gasteiger partial charge in [-0.1, -0.05) is 42.5 Å². The van der Waals surface area contributed by atoms with Crippen LogP contribution in [-0.4, -0.2) is 60.1 Å². The molecule has 2 atom stereocenters. The number of carbonyl (C=O) groups is 3. The predicted octanol–water partition coefficient (Wildman–Crippen LogP) is 2.92. The van der Waals surface area contributed by atoms with Crippen molar-refractivity contribution in [2.45, 2.75) is 38.0 Å². The molecule has 1 fully saturated rings. The molecule has 1 aromatic rings. The maximum absolute atomic E-state index is 13.0. The summed E-state index contributed by atoms with van der Waals surface area (Å²) in [6.07, 6.45) is 4.41. The molecule has 0 N–H and O–H groups in total. The van der Waals surface area contributed by atoms with Gasteiger partial charge in [0, 0.05) is 12.6 Å². The summed E-state index contributed by atoms with van der Waals surface area (Å²) in [7, 11) is 1.30. The first-order valence-electron chi connectivity index (χ1n) is 9.58. The third-order valence-electron chi connectivity index (χ3n) is 4.84. The Labute approximate surface area is 171 Å². The third kappa shape index (κ3) is 5.94. The Balaban J connectivity index is 2.07. The molecule has 29 heavy (non-hydrogen) atoms. The summed E-state index contributed by atoms with van der Waals surface area (Å²) >= 11 is 0. The van der Waals surface area contributed by atoms with Crippen molar-refractivity contribution < 1.29 is 23.9 Å². The van der Waals surface area contributed by atoms with E-state index in [1.54, 1.807) is 6.08 Å². The number of ether oxygens (including phenoxy) is 2. The van der Waals surface area contributed by atoms with Gasteiger partial charge in [0.05, 0.1) is 7.11 Å². The van der Waals surface area contributed by atoms with Crippen LogP contribution in [0.4, 0.5) is 4.79 Å². The summed E-state index contributed by atoms with van der Waals surface area (Å²) in [6, 6.07) is 8.49. The van der Waals surface area contributed by atoms with E-state index >= 15 is 0 Å². The van der Waals surface area contributed by atoms with E-state index in [0.717, 1.165) is 5.56 Å². The number of carbonyl (C=O) groups excluding carboxylic acids is 3. The fourth-order valence-corrected chi connectivity index (χ4v) is 3.47. The Morgan fingerprint density at radius 2 is 1.90 bits per heavy atom. The number of methoxy groups -OCH3 is 1. The summed E-state index contributed by atoms with van der Waals surface area (Å²) in [6.45, 7) is 7.43. The van der Waals surface area contributed by atoms with Crippen LogP contribution in [0, 0.1) is 0 Å². The highest BCUT2D eigenvalue weighted by Crippen LogP contribution is 2.28. The highest BCUT2D eigenvalue weighted by atomic mass is 16.6. The molecule has 0 spiro atoms. The number of rotatable bonds is 9. The second kappa shape index (κ2) is 11.0. The summed E-state index contributed by atoms with van der Waals surface area (Å²) in [5.41, 5.74) is 0.849. The fourth-order valence-electron chi connectivity index (χ4n) is 3.47. The van der Waals surface area contributed by atoms with Gasteiger partial charge in [-0.3, -0.25) is 9.69 Å². The lowest BCUT2D eigenvalue weighted by Crippen LogP contribution is -2.50. The van der Waals surface area contributed by atoms with Gasteiger partial charge in [-0.15, -0.1) is 13.2 Å². The van der Waals surface area contributed by atoms with Crippen LogP contribution in [0.2, 0.25) is 0 Å². The minimum absolute atomic E-state index is 0.106. The quantitative estimate of drug-likeness (QED) is 0.471. The van der Waals surface area contributed by atoms with E-state index in [-0.39, 0.29) is 31.6 Å². The zero-order valence-corrected chi connectivity index (χ0v) is 16.8. The van der Waals surface area contributed by atoms with Crippen molar-refractivity contribution >= 4 is 18.0 Å². The molecule has 0 aliphatic carbocycles. The Kier molecular flexibility index (Phi) is 8.45. The summed E-state index contributed by atoms with van der Waals surface area (Å²) in [4.78, 5) is 40.5. The normalized spacial score (nSPS) is 18.0. The monoisotopic (exact) mass is 400 g/mol. The van der Waals surface area contributed by atoms with Gasteiger partial charge in [0.1, 0.15) is 19.2 Å². The minimum atomic E-state index is -0.650. The molecular formula is C22H28N2O5. The van der Waals surface area contributed by atoms with Gasteiger partial charge in [0.15, 0.2) is 0 Å². The molecular weight excluding hydrogens is 372 g/mol. The van der Waals surface area contributed by atoms with Crippen molar-refractivity contribution in [1.29, 1.82) is 0 Å². The SMILES string of the molecule is C=CC[C@@H]1CC[C@@H](C(=O)OC)N1C(=O)CN(CC=C)C(=O)OCc1ccccc1. The smallest absolute Gasteiger partial charge is 0.410 e. The number of esters is 1. The standard InChI is InChI=1S/C22H28N2O5/c1-4-9-18-12-13-19(21(26)28-3)24(18)20(25)15-23(14-5-2)22(27)29-16-17-10-7-6-8-11-17/h4-8,10-11,18-19H,1-2,9,12-16H2,3H3/t18-,19+/m1/s1. The number of benzene rings is 1. The molecule has 7 heteroatoms. The molecule has 156 valence electrons. The average molecular weight is 400 g/mol. The molecule has 1 aliphatic rings. The first-order chi connectivity index (χ1) is 14.0. The Morgan fingerprint density at radius 3 is 2.52 bits per heavy atom. The topological polar surface area (TPSA) is 76.2 Å². The molecule has 1 aliphatic heterocycles. The van der Waals surface area contributed by atoms with Gasteiger partial charge < -0.3 is 14.4 Å². The van der Waals surface area contributed by atoms with Gasteiger partial charge in [0.2, 0.25) is 5.91 Å². The van der Waals surface area contributed by atoms with Crippen molar-refractivity contribution in [3.8, 4) is 0 Å². The highest BCUT2D eigenvalue weighted by Gasteiger charge is 2.41. The average Bonchev–Trinajstić information content (AvgIpc) is 3.16. The Morgan fingerprint density at radius 1 is 1.17 bits per heavy atom. The van der Waals surface area contributed by atoms with E-state index in [0.29, 0.717) is 19.3 Å². The summed E-state index contributed by atoms with van der Waals surface area (Å²) in [5.74, 6) is -0.782. The van der Waals surface area contributed by atoms with Crippen LogP contribution < -0.4 is 0 Å². The molecule has 0 saturated carbocycles. The predicted molar refractivity (Wildman–Crippen MR) is 109 cm³/mol. The van der Waals surface area contributed by atoms with Crippen LogP contribution in [0.3, 0.4) is 0 Å². The fraction of sp³-hybridized carbons (Fsp3) is 0.409. The Bertz CT molecular complexity index is 734. The maximum Gasteiger partial charge on any atom is 0.410 e. The molecule has 2 rings (SSSR count). The van der Waals surface area contributed by atoms with Gasteiger partial charge in [-0.2, -0.15) is 0 Å². The number of likely N-dealkylation sites (tertiary alicyclic amines) is 1. The van der Waals surface area contributed by atoms with Gasteiger partial charge in [0.25, 0.3) is 0 Å². The van der Waals surface area contributed by atoms with Crippen molar-refractivity contribution in [2.75, 3.05) is 20.2 Å². The summed E-state index contributed by atoms with van der Waals surface area (Å²) in [5, 5.41) is 0. The zero-order chi connectivity index (χ0) is 21.2. The highest BCUT2D eigenvalue weighted by molar-refractivity contribution is 5.88. The first kappa shape index (κ1) is 22.2. The molecule has 1 heterocycles. The van der Waals surface area contributed by atoms with Crippen molar-refractivity contribution in [1.82, 2.24) is 9.80 Å². The third-order valence-corrected chi connectivity index (χ3v) is 4.84. The van der Waals surface area contributed by atoms with E-state index < -0.39 is 18.1 Å².